The van der Waals surface area contributed by atoms with Crippen molar-refractivity contribution < 1.29 is 24.5 Å². The summed E-state index contributed by atoms with van der Waals surface area (Å²) in [5, 5.41) is 24.8. The number of amides is 1. The zero-order valence-electron chi connectivity index (χ0n) is 32.0. The molecule has 5 rings (SSSR count). The van der Waals surface area contributed by atoms with Crippen LogP contribution in [0, 0.1) is 0 Å². The Morgan fingerprint density at radius 1 is 0.811 bits per heavy atom. The molecular formula is C45H63ClN2O5. The van der Waals surface area contributed by atoms with Gasteiger partial charge in [0.1, 0.15) is 0 Å². The quantitative estimate of drug-likeness (QED) is 0.0940. The molecule has 2 aliphatic rings. The molecule has 0 bridgehead atoms. The fourth-order valence-corrected chi connectivity index (χ4v) is 7.89. The molecule has 2 saturated heterocycles. The Bertz CT molecular complexity index is 1490. The molecule has 3 N–H and O–H groups in total. The predicted molar refractivity (Wildman–Crippen MR) is 215 cm³/mol. The van der Waals surface area contributed by atoms with Crippen LogP contribution in [0.4, 0.5) is 5.69 Å². The highest BCUT2D eigenvalue weighted by atomic mass is 35.5. The normalized spacial score (nSPS) is 20.3. The number of benzene rings is 3. The molecule has 0 aliphatic carbocycles. The van der Waals surface area contributed by atoms with Crippen molar-refractivity contribution in [2.45, 2.75) is 147 Å². The maximum Gasteiger partial charge on any atom is 0.224 e. The minimum Gasteiger partial charge on any atom is -0.392 e. The smallest absolute Gasteiger partial charge is 0.224 e. The SMILES string of the molecule is CCCCCCCCCCCCCCCC(=O)Nc1cccc(C2OC(CN3CCC(O)(c4ccc(Cl)cc4)CC3)CC(c3ccc(CO)cc3)O2)c1. The van der Waals surface area contributed by atoms with Crippen molar-refractivity contribution in [3.63, 3.8) is 0 Å². The van der Waals surface area contributed by atoms with Gasteiger partial charge in [-0.1, -0.05) is 144 Å². The molecule has 0 aromatic heterocycles. The number of likely N-dealkylation sites (tertiary alicyclic amines) is 1. The number of piperidine rings is 1. The van der Waals surface area contributed by atoms with Crippen LogP contribution >= 0.6 is 11.6 Å². The summed E-state index contributed by atoms with van der Waals surface area (Å²) in [5.41, 5.74) is 3.55. The molecule has 1 amide bonds. The fraction of sp³-hybridized carbons (Fsp3) is 0.578. The van der Waals surface area contributed by atoms with Gasteiger partial charge < -0.3 is 29.9 Å². The molecule has 3 unspecified atom stereocenters. The van der Waals surface area contributed by atoms with Gasteiger partial charge in [0.15, 0.2) is 6.29 Å². The van der Waals surface area contributed by atoms with E-state index in [1.165, 1.54) is 70.6 Å². The predicted octanol–water partition coefficient (Wildman–Crippen LogP) is 10.8. The van der Waals surface area contributed by atoms with Gasteiger partial charge in [-0.15, -0.1) is 0 Å². The molecule has 2 fully saturated rings. The lowest BCUT2D eigenvalue weighted by Crippen LogP contribution is -2.46. The first-order valence-corrected chi connectivity index (χ1v) is 20.8. The van der Waals surface area contributed by atoms with Crippen LogP contribution in [0.1, 0.15) is 151 Å². The van der Waals surface area contributed by atoms with Crippen LogP contribution in [0.3, 0.4) is 0 Å². The maximum atomic E-state index is 12.9. The van der Waals surface area contributed by atoms with E-state index >= 15 is 0 Å². The van der Waals surface area contributed by atoms with Crippen LogP contribution < -0.4 is 5.32 Å². The number of nitrogens with one attached hydrogen (secondary N) is 1. The maximum absolute atomic E-state index is 12.9. The lowest BCUT2D eigenvalue weighted by Gasteiger charge is -2.42. The molecule has 2 aliphatic heterocycles. The summed E-state index contributed by atoms with van der Waals surface area (Å²) in [6.07, 6.45) is 18.3. The van der Waals surface area contributed by atoms with Crippen molar-refractivity contribution in [1.29, 1.82) is 0 Å². The van der Waals surface area contributed by atoms with Crippen molar-refractivity contribution in [1.82, 2.24) is 4.90 Å². The van der Waals surface area contributed by atoms with Gasteiger partial charge in [-0.3, -0.25) is 4.79 Å². The summed E-state index contributed by atoms with van der Waals surface area (Å²) in [7, 11) is 0. The first kappa shape index (κ1) is 41.4. The van der Waals surface area contributed by atoms with Crippen LogP contribution in [0.15, 0.2) is 72.8 Å². The minimum absolute atomic E-state index is 0.00460. The second-order valence-electron chi connectivity index (χ2n) is 15.4. The van der Waals surface area contributed by atoms with E-state index in [1.807, 2.05) is 72.8 Å². The Balaban J connectivity index is 1.10. The van der Waals surface area contributed by atoms with Crippen LogP contribution in [0.25, 0.3) is 0 Å². The van der Waals surface area contributed by atoms with Crippen molar-refractivity contribution in [2.75, 3.05) is 25.0 Å². The summed E-state index contributed by atoms with van der Waals surface area (Å²) in [6.45, 7) is 4.49. The first-order chi connectivity index (χ1) is 25.8. The molecule has 0 saturated carbocycles. The molecule has 2 heterocycles. The number of ether oxygens (including phenoxy) is 2. The molecule has 290 valence electrons. The monoisotopic (exact) mass is 746 g/mol. The third-order valence-electron chi connectivity index (χ3n) is 11.1. The minimum atomic E-state index is -0.866. The van der Waals surface area contributed by atoms with Crippen molar-refractivity contribution >= 4 is 23.2 Å². The van der Waals surface area contributed by atoms with Crippen LogP contribution in [0.5, 0.6) is 0 Å². The lowest BCUT2D eigenvalue weighted by atomic mass is 9.84. The molecule has 3 aromatic carbocycles. The number of carbonyl (C=O) groups is 1. The molecule has 8 heteroatoms. The van der Waals surface area contributed by atoms with Gasteiger partial charge >= 0.3 is 0 Å². The zero-order chi connectivity index (χ0) is 37.3. The van der Waals surface area contributed by atoms with Crippen molar-refractivity contribution in [3.05, 3.63) is 100 Å². The summed E-state index contributed by atoms with van der Waals surface area (Å²) < 4.78 is 13.2. The summed E-state index contributed by atoms with van der Waals surface area (Å²) in [5.74, 6) is 0.0408. The summed E-state index contributed by atoms with van der Waals surface area (Å²) in [6, 6.07) is 23.3. The number of halogens is 1. The topological polar surface area (TPSA) is 91.3 Å². The number of aliphatic hydroxyl groups excluding tert-OH is 1. The van der Waals surface area contributed by atoms with Crippen LogP contribution in [-0.4, -0.2) is 46.8 Å². The van der Waals surface area contributed by atoms with Gasteiger partial charge in [0.25, 0.3) is 0 Å². The fourth-order valence-electron chi connectivity index (χ4n) is 7.77. The van der Waals surface area contributed by atoms with Crippen LogP contribution in [0.2, 0.25) is 5.02 Å². The van der Waals surface area contributed by atoms with E-state index in [2.05, 4.69) is 17.1 Å². The highest BCUT2D eigenvalue weighted by Gasteiger charge is 2.37. The second-order valence-corrected chi connectivity index (χ2v) is 15.8. The highest BCUT2D eigenvalue weighted by molar-refractivity contribution is 6.30. The molecule has 3 atom stereocenters. The number of carbonyl (C=O) groups excluding carboxylic acids is 1. The lowest BCUT2D eigenvalue weighted by molar-refractivity contribution is -0.253. The Kier molecular flexibility index (Phi) is 17.1. The van der Waals surface area contributed by atoms with E-state index in [0.717, 1.165) is 60.4 Å². The molecule has 7 nitrogen and oxygen atoms in total. The van der Waals surface area contributed by atoms with Gasteiger partial charge in [0.2, 0.25) is 5.91 Å². The van der Waals surface area contributed by atoms with Gasteiger partial charge in [-0.05, 0) is 60.2 Å². The molecule has 0 spiro atoms. The first-order valence-electron chi connectivity index (χ1n) is 20.5. The highest BCUT2D eigenvalue weighted by Crippen LogP contribution is 2.40. The number of aliphatic hydroxyl groups is 2. The van der Waals surface area contributed by atoms with E-state index in [1.54, 1.807) is 0 Å². The summed E-state index contributed by atoms with van der Waals surface area (Å²) in [4.78, 5) is 15.3. The average Bonchev–Trinajstić information content (AvgIpc) is 3.18. The van der Waals surface area contributed by atoms with E-state index in [9.17, 15) is 15.0 Å². The Morgan fingerprint density at radius 3 is 2.06 bits per heavy atom. The second kappa shape index (κ2) is 21.9. The number of rotatable bonds is 21. The van der Waals surface area contributed by atoms with E-state index in [4.69, 9.17) is 21.1 Å². The largest absolute Gasteiger partial charge is 0.392 e. The van der Waals surface area contributed by atoms with Gasteiger partial charge in [0, 0.05) is 48.7 Å². The number of anilines is 1. The van der Waals surface area contributed by atoms with Crippen molar-refractivity contribution in [2.24, 2.45) is 0 Å². The van der Waals surface area contributed by atoms with Gasteiger partial charge in [0.05, 0.1) is 24.4 Å². The molecule has 0 radical (unpaired) electrons. The standard InChI is InChI=1S/C45H63ClN2O5/c1-2-3-4-5-6-7-8-9-10-11-12-13-14-18-43(50)47-40-17-15-16-37(31-40)44-52-41(32-42(53-44)36-21-19-35(34-49)20-22-36)33-48-29-27-45(51,28-30-48)38-23-25-39(46)26-24-38/h15-17,19-26,31,41-42,44,49,51H,2-14,18,27-30,32-34H2,1H3,(H,47,50). The molecular weight excluding hydrogens is 684 g/mol. The van der Waals surface area contributed by atoms with Crippen LogP contribution in [-0.2, 0) is 26.5 Å². The Hall–Kier alpha value is -2.78. The Labute approximate surface area is 323 Å². The molecule has 53 heavy (non-hydrogen) atoms. The van der Waals surface area contributed by atoms with E-state index < -0.39 is 11.9 Å². The average molecular weight is 747 g/mol. The third-order valence-corrected chi connectivity index (χ3v) is 11.3. The zero-order valence-corrected chi connectivity index (χ0v) is 32.7. The number of hydrogen-bond acceptors (Lipinski definition) is 6. The number of nitrogens with zero attached hydrogens (tertiary/aromatic N) is 1. The van der Waals surface area contributed by atoms with E-state index in [-0.39, 0.29) is 24.7 Å². The van der Waals surface area contributed by atoms with Gasteiger partial charge in [-0.25, -0.2) is 0 Å². The third kappa shape index (κ3) is 13.5. The van der Waals surface area contributed by atoms with Gasteiger partial charge in [-0.2, -0.15) is 0 Å². The van der Waals surface area contributed by atoms with Crippen molar-refractivity contribution in [3.8, 4) is 0 Å². The number of unbranched alkanes of at least 4 members (excludes halogenated alkanes) is 12. The van der Waals surface area contributed by atoms with E-state index in [0.29, 0.717) is 30.7 Å². The molecule has 3 aromatic rings. The summed E-state index contributed by atoms with van der Waals surface area (Å²) >= 11 is 6.10. The Morgan fingerprint density at radius 2 is 1.43 bits per heavy atom. The number of hydrogen-bond donors (Lipinski definition) is 3.